The summed E-state index contributed by atoms with van der Waals surface area (Å²) in [6, 6.07) is 11.0. The average Bonchev–Trinajstić information content (AvgIpc) is 3.19. The first-order valence-corrected chi connectivity index (χ1v) is 9.28. The van der Waals surface area contributed by atoms with Gasteiger partial charge in [-0.1, -0.05) is 18.2 Å². The van der Waals surface area contributed by atoms with Crippen molar-refractivity contribution in [2.45, 2.75) is 32.3 Å². The molecule has 3 rings (SSSR count). The molecule has 1 aliphatic rings. The molecule has 0 heterocycles. The summed E-state index contributed by atoms with van der Waals surface area (Å²) >= 11 is 0. The van der Waals surface area contributed by atoms with Crippen LogP contribution < -0.4 is 9.47 Å². The smallest absolute Gasteiger partial charge is 0.331 e. The number of ether oxygens (including phenoxy) is 3. The number of Topliss-reactive ketones (excluding diaryl/α,β-unsaturated/α-hetero) is 1. The molecule has 0 amide bonds. The summed E-state index contributed by atoms with van der Waals surface area (Å²) in [5, 5.41) is 0. The second-order valence-corrected chi connectivity index (χ2v) is 6.73. The number of hydrogen-bond donors (Lipinski definition) is 0. The van der Waals surface area contributed by atoms with Gasteiger partial charge in [0.05, 0.1) is 14.2 Å². The molecule has 2 aromatic carbocycles. The quantitative estimate of drug-likeness (QED) is 0.412. The van der Waals surface area contributed by atoms with Gasteiger partial charge in [0, 0.05) is 11.6 Å². The van der Waals surface area contributed by atoms with E-state index in [-0.39, 0.29) is 5.78 Å². The number of esters is 1. The van der Waals surface area contributed by atoms with Gasteiger partial charge in [0.15, 0.2) is 17.6 Å². The van der Waals surface area contributed by atoms with Crippen LogP contribution in [0.15, 0.2) is 42.5 Å². The summed E-state index contributed by atoms with van der Waals surface area (Å²) in [5.41, 5.74) is 3.87. The van der Waals surface area contributed by atoms with Crippen LogP contribution in [0.2, 0.25) is 0 Å². The van der Waals surface area contributed by atoms with E-state index in [1.165, 1.54) is 17.2 Å². The molecule has 0 unspecified atom stereocenters. The first-order valence-electron chi connectivity index (χ1n) is 9.28. The largest absolute Gasteiger partial charge is 0.493 e. The highest BCUT2D eigenvalue weighted by Gasteiger charge is 2.20. The molecule has 0 N–H and O–H groups in total. The topological polar surface area (TPSA) is 61.8 Å². The Morgan fingerprint density at radius 1 is 0.964 bits per heavy atom. The predicted octanol–water partition coefficient (Wildman–Crippen LogP) is 4.02. The first-order chi connectivity index (χ1) is 13.5. The Morgan fingerprint density at radius 2 is 1.71 bits per heavy atom. The minimum atomic E-state index is -0.845. The monoisotopic (exact) mass is 380 g/mol. The number of ketones is 1. The normalized spacial score (nSPS) is 13.8. The Kier molecular flexibility index (Phi) is 6.14. The van der Waals surface area contributed by atoms with E-state index in [0.29, 0.717) is 17.1 Å². The number of hydrogen-bond acceptors (Lipinski definition) is 5. The van der Waals surface area contributed by atoms with Crippen LogP contribution in [0.25, 0.3) is 6.08 Å². The van der Waals surface area contributed by atoms with Crippen molar-refractivity contribution in [3.05, 3.63) is 64.7 Å². The Bertz CT molecular complexity index is 913. The molecule has 0 bridgehead atoms. The van der Waals surface area contributed by atoms with Crippen molar-refractivity contribution < 1.29 is 23.8 Å². The first kappa shape index (κ1) is 19.7. The Hall–Kier alpha value is -3.08. The van der Waals surface area contributed by atoms with E-state index in [2.05, 4.69) is 0 Å². The maximum atomic E-state index is 12.6. The van der Waals surface area contributed by atoms with Gasteiger partial charge in [0.1, 0.15) is 0 Å². The Labute approximate surface area is 164 Å². The van der Waals surface area contributed by atoms with Gasteiger partial charge in [-0.2, -0.15) is 0 Å². The number of carbonyl (C=O) groups is 2. The minimum Gasteiger partial charge on any atom is -0.493 e. The molecule has 0 saturated carbocycles. The molecule has 0 aromatic heterocycles. The Balaban J connectivity index is 1.62. The fraction of sp³-hybridized carbons (Fsp3) is 0.304. The molecule has 2 aromatic rings. The lowest BCUT2D eigenvalue weighted by atomic mass is 10.0. The van der Waals surface area contributed by atoms with E-state index in [0.717, 1.165) is 24.8 Å². The third kappa shape index (κ3) is 4.42. The van der Waals surface area contributed by atoms with Gasteiger partial charge in [-0.25, -0.2) is 4.79 Å². The minimum absolute atomic E-state index is 0.192. The zero-order valence-electron chi connectivity index (χ0n) is 16.4. The van der Waals surface area contributed by atoms with Gasteiger partial charge in [0.25, 0.3) is 0 Å². The summed E-state index contributed by atoms with van der Waals surface area (Å²) in [5.74, 6) is 0.410. The highest BCUT2D eigenvalue weighted by molar-refractivity contribution is 6.01. The van der Waals surface area contributed by atoms with E-state index in [4.69, 9.17) is 14.2 Å². The highest BCUT2D eigenvalue weighted by Crippen LogP contribution is 2.28. The van der Waals surface area contributed by atoms with Crippen molar-refractivity contribution in [3.8, 4) is 11.5 Å². The lowest BCUT2D eigenvalue weighted by molar-refractivity contribution is -0.140. The standard InChI is InChI=1S/C23H24O5/c1-15(23(25)19-10-9-17-5-4-6-18(17)14-19)28-22(24)12-8-16-7-11-20(26-2)21(13-16)27-3/h7-15H,4-6H2,1-3H3/b12-8+/t15-/m0/s1. The van der Waals surface area contributed by atoms with E-state index in [9.17, 15) is 9.59 Å². The molecular formula is C23H24O5. The SMILES string of the molecule is COc1ccc(/C=C/C(=O)O[C@@H](C)C(=O)c2ccc3c(c2)CCC3)cc1OC. The van der Waals surface area contributed by atoms with Crippen molar-refractivity contribution in [2.75, 3.05) is 14.2 Å². The van der Waals surface area contributed by atoms with Gasteiger partial charge in [-0.05, 0) is 67.2 Å². The maximum absolute atomic E-state index is 12.6. The molecule has 5 nitrogen and oxygen atoms in total. The molecule has 0 aliphatic heterocycles. The molecule has 146 valence electrons. The zero-order valence-corrected chi connectivity index (χ0v) is 16.4. The van der Waals surface area contributed by atoms with E-state index in [1.807, 2.05) is 18.2 Å². The van der Waals surface area contributed by atoms with E-state index >= 15 is 0 Å². The van der Waals surface area contributed by atoms with Crippen LogP contribution in [0, 0.1) is 0 Å². The molecule has 0 saturated heterocycles. The molecule has 0 fully saturated rings. The van der Waals surface area contributed by atoms with E-state index < -0.39 is 12.1 Å². The van der Waals surface area contributed by atoms with Crippen LogP contribution >= 0.6 is 0 Å². The van der Waals surface area contributed by atoms with Crippen LogP contribution in [0.3, 0.4) is 0 Å². The molecular weight excluding hydrogens is 356 g/mol. The van der Waals surface area contributed by atoms with Crippen LogP contribution in [0.4, 0.5) is 0 Å². The predicted molar refractivity (Wildman–Crippen MR) is 107 cm³/mol. The summed E-state index contributed by atoms with van der Waals surface area (Å²) in [4.78, 5) is 24.7. The number of methoxy groups -OCH3 is 2. The van der Waals surface area contributed by atoms with Crippen LogP contribution in [-0.4, -0.2) is 32.1 Å². The lowest BCUT2D eigenvalue weighted by Gasteiger charge is -2.12. The Morgan fingerprint density at radius 3 is 2.46 bits per heavy atom. The third-order valence-electron chi connectivity index (χ3n) is 4.86. The third-order valence-corrected chi connectivity index (χ3v) is 4.86. The molecule has 0 spiro atoms. The molecule has 5 heteroatoms. The number of benzene rings is 2. The summed E-state index contributed by atoms with van der Waals surface area (Å²) in [7, 11) is 3.11. The van der Waals surface area contributed by atoms with Gasteiger partial charge in [0.2, 0.25) is 5.78 Å². The van der Waals surface area contributed by atoms with Crippen LogP contribution in [0.1, 0.15) is 40.4 Å². The van der Waals surface area contributed by atoms with Crippen molar-refractivity contribution in [3.63, 3.8) is 0 Å². The van der Waals surface area contributed by atoms with Gasteiger partial charge in [-0.3, -0.25) is 4.79 Å². The highest BCUT2D eigenvalue weighted by atomic mass is 16.5. The lowest BCUT2D eigenvalue weighted by Crippen LogP contribution is -2.23. The van der Waals surface area contributed by atoms with Crippen LogP contribution in [0.5, 0.6) is 11.5 Å². The fourth-order valence-electron chi connectivity index (χ4n) is 3.35. The summed E-state index contributed by atoms with van der Waals surface area (Å²) < 4.78 is 15.7. The van der Waals surface area contributed by atoms with Crippen molar-refractivity contribution in [1.29, 1.82) is 0 Å². The summed E-state index contributed by atoms with van der Waals surface area (Å²) in [6.07, 6.45) is 5.25. The van der Waals surface area contributed by atoms with Crippen molar-refractivity contribution in [1.82, 2.24) is 0 Å². The molecule has 1 atom stereocenters. The van der Waals surface area contributed by atoms with Gasteiger partial charge >= 0.3 is 5.97 Å². The fourth-order valence-corrected chi connectivity index (χ4v) is 3.35. The van der Waals surface area contributed by atoms with Crippen LogP contribution in [-0.2, 0) is 22.4 Å². The second kappa shape index (κ2) is 8.74. The number of rotatable bonds is 7. The second-order valence-electron chi connectivity index (χ2n) is 6.73. The molecule has 1 aliphatic carbocycles. The summed E-state index contributed by atoms with van der Waals surface area (Å²) in [6.45, 7) is 1.59. The molecule has 28 heavy (non-hydrogen) atoms. The maximum Gasteiger partial charge on any atom is 0.331 e. The van der Waals surface area contributed by atoms with Crippen molar-refractivity contribution in [2.24, 2.45) is 0 Å². The number of aryl methyl sites for hydroxylation is 2. The van der Waals surface area contributed by atoms with E-state index in [1.54, 1.807) is 45.4 Å². The zero-order chi connectivity index (χ0) is 20.1. The molecule has 0 radical (unpaired) electrons. The number of carbonyl (C=O) groups excluding carboxylic acids is 2. The van der Waals surface area contributed by atoms with Gasteiger partial charge < -0.3 is 14.2 Å². The average molecular weight is 380 g/mol. The number of fused-ring (bicyclic) bond motifs is 1. The van der Waals surface area contributed by atoms with Crippen molar-refractivity contribution >= 4 is 17.8 Å². The van der Waals surface area contributed by atoms with Gasteiger partial charge in [-0.15, -0.1) is 0 Å².